The van der Waals surface area contributed by atoms with Gasteiger partial charge in [-0.25, -0.2) is 9.79 Å². The van der Waals surface area contributed by atoms with E-state index in [1.54, 1.807) is 12.1 Å². The molecule has 0 unspecified atom stereocenters. The number of aliphatic imine (C=N–C) groups is 1. The lowest BCUT2D eigenvalue weighted by molar-refractivity contribution is -0.131. The van der Waals surface area contributed by atoms with Crippen LogP contribution in [0, 0.1) is 0 Å². The van der Waals surface area contributed by atoms with Crippen LogP contribution in [0.4, 0.5) is 0 Å². The van der Waals surface area contributed by atoms with E-state index in [-0.39, 0.29) is 5.56 Å². The van der Waals surface area contributed by atoms with Gasteiger partial charge in [0.25, 0.3) is 5.78 Å². The first-order valence-electron chi connectivity index (χ1n) is 4.74. The molecule has 1 heterocycles. The largest absolute Gasteiger partial charge is 0.476 e. The molecule has 0 saturated carbocycles. The second-order valence-electron chi connectivity index (χ2n) is 3.25. The lowest BCUT2D eigenvalue weighted by Crippen LogP contribution is -2.12. The van der Waals surface area contributed by atoms with Crippen molar-refractivity contribution >= 4 is 17.7 Å². The molecule has 0 radical (unpaired) electrons. The molecule has 1 aliphatic heterocycles. The second-order valence-corrected chi connectivity index (χ2v) is 3.25. The summed E-state index contributed by atoms with van der Waals surface area (Å²) in [6, 6.07) is 6.16. The normalized spacial score (nSPS) is 14.1. The average molecular weight is 219 g/mol. The van der Waals surface area contributed by atoms with Gasteiger partial charge in [0.05, 0.1) is 6.54 Å². The number of carbonyl (C=O) groups is 2. The molecule has 82 valence electrons. The number of ketones is 1. The Morgan fingerprint density at radius 3 is 2.44 bits per heavy atom. The Bertz CT molecular complexity index is 440. The molecule has 0 fully saturated rings. The van der Waals surface area contributed by atoms with Crippen molar-refractivity contribution in [3.05, 3.63) is 35.4 Å². The topological polar surface area (TPSA) is 76.0 Å². The molecule has 0 spiro atoms. The van der Waals surface area contributed by atoms with Crippen molar-refractivity contribution in [3.8, 4) is 0 Å². The second kappa shape index (κ2) is 4.14. The third-order valence-electron chi connectivity index (χ3n) is 2.17. The molecule has 0 aliphatic carbocycles. The minimum absolute atomic E-state index is 0.148. The number of rotatable bonds is 3. The first-order chi connectivity index (χ1) is 7.68. The number of ether oxygens (including phenoxy) is 1. The molecule has 0 bridgehead atoms. The fourth-order valence-electron chi connectivity index (χ4n) is 1.40. The molecule has 0 aromatic heterocycles. The average Bonchev–Trinajstić information content (AvgIpc) is 2.81. The number of hydrogen-bond acceptors (Lipinski definition) is 4. The summed E-state index contributed by atoms with van der Waals surface area (Å²) in [5, 5.41) is 8.52. The minimum atomic E-state index is -1.46. The first kappa shape index (κ1) is 10.4. The summed E-state index contributed by atoms with van der Waals surface area (Å²) in [7, 11) is 0. The SMILES string of the molecule is O=C(O)C(=O)c1ccc(C2=NCCO2)cc1. The highest BCUT2D eigenvalue weighted by molar-refractivity contribution is 6.39. The van der Waals surface area contributed by atoms with Crippen molar-refractivity contribution in [2.45, 2.75) is 0 Å². The highest BCUT2D eigenvalue weighted by Gasteiger charge is 2.15. The van der Waals surface area contributed by atoms with Gasteiger partial charge in [-0.05, 0) is 24.3 Å². The third-order valence-corrected chi connectivity index (χ3v) is 2.17. The van der Waals surface area contributed by atoms with Crippen LogP contribution in [0.25, 0.3) is 0 Å². The Hall–Kier alpha value is -2.17. The van der Waals surface area contributed by atoms with Crippen molar-refractivity contribution in [2.75, 3.05) is 13.2 Å². The number of carbonyl (C=O) groups excluding carboxylic acids is 1. The Balaban J connectivity index is 2.22. The van der Waals surface area contributed by atoms with Gasteiger partial charge in [0.1, 0.15) is 6.61 Å². The third kappa shape index (κ3) is 1.93. The summed E-state index contributed by atoms with van der Waals surface area (Å²) in [6.45, 7) is 1.19. The van der Waals surface area contributed by atoms with E-state index in [4.69, 9.17) is 9.84 Å². The predicted molar refractivity (Wildman–Crippen MR) is 55.8 cm³/mol. The van der Waals surface area contributed by atoms with E-state index in [9.17, 15) is 9.59 Å². The van der Waals surface area contributed by atoms with E-state index in [1.165, 1.54) is 12.1 Å². The predicted octanol–water partition coefficient (Wildman–Crippen LogP) is 0.731. The van der Waals surface area contributed by atoms with Gasteiger partial charge in [0, 0.05) is 11.1 Å². The van der Waals surface area contributed by atoms with Crippen LogP contribution in [-0.4, -0.2) is 35.9 Å². The maximum Gasteiger partial charge on any atom is 0.377 e. The van der Waals surface area contributed by atoms with Crippen molar-refractivity contribution in [3.63, 3.8) is 0 Å². The molecule has 1 aromatic carbocycles. The number of aliphatic carboxylic acids is 1. The van der Waals surface area contributed by atoms with Crippen molar-refractivity contribution in [1.29, 1.82) is 0 Å². The van der Waals surface area contributed by atoms with Crippen molar-refractivity contribution in [1.82, 2.24) is 0 Å². The molecular formula is C11H9NO4. The van der Waals surface area contributed by atoms with Crippen molar-refractivity contribution < 1.29 is 19.4 Å². The molecular weight excluding hydrogens is 210 g/mol. The molecule has 1 aliphatic rings. The highest BCUT2D eigenvalue weighted by atomic mass is 16.5. The molecule has 1 aromatic rings. The van der Waals surface area contributed by atoms with Crippen LogP contribution >= 0.6 is 0 Å². The van der Waals surface area contributed by atoms with Gasteiger partial charge in [-0.15, -0.1) is 0 Å². The first-order valence-corrected chi connectivity index (χ1v) is 4.74. The Kier molecular flexibility index (Phi) is 2.68. The van der Waals surface area contributed by atoms with Gasteiger partial charge in [0.15, 0.2) is 0 Å². The molecule has 0 atom stereocenters. The van der Waals surface area contributed by atoms with Crippen LogP contribution < -0.4 is 0 Å². The summed E-state index contributed by atoms with van der Waals surface area (Å²) in [6.07, 6.45) is 0. The number of benzene rings is 1. The van der Waals surface area contributed by atoms with Gasteiger partial charge < -0.3 is 9.84 Å². The van der Waals surface area contributed by atoms with Crippen LogP contribution in [0.5, 0.6) is 0 Å². The van der Waals surface area contributed by atoms with E-state index < -0.39 is 11.8 Å². The standard InChI is InChI=1S/C11H9NO4/c13-9(11(14)15)7-1-3-8(4-2-7)10-12-5-6-16-10/h1-4H,5-6H2,(H,14,15). The zero-order chi connectivity index (χ0) is 11.5. The Morgan fingerprint density at radius 1 is 1.25 bits per heavy atom. The summed E-state index contributed by atoms with van der Waals surface area (Å²) in [5.74, 6) is -1.84. The minimum Gasteiger partial charge on any atom is -0.476 e. The van der Waals surface area contributed by atoms with Crippen LogP contribution in [-0.2, 0) is 9.53 Å². The molecule has 16 heavy (non-hydrogen) atoms. The number of carboxylic acid groups (broad SMARTS) is 1. The summed E-state index contributed by atoms with van der Waals surface area (Å²) < 4.78 is 5.24. The zero-order valence-electron chi connectivity index (χ0n) is 8.34. The van der Waals surface area contributed by atoms with Crippen LogP contribution in [0.15, 0.2) is 29.3 Å². The summed E-state index contributed by atoms with van der Waals surface area (Å²) in [4.78, 5) is 25.7. The van der Waals surface area contributed by atoms with Gasteiger partial charge in [-0.1, -0.05) is 0 Å². The smallest absolute Gasteiger partial charge is 0.377 e. The van der Waals surface area contributed by atoms with E-state index in [2.05, 4.69) is 4.99 Å². The van der Waals surface area contributed by atoms with Gasteiger partial charge in [-0.3, -0.25) is 4.79 Å². The molecule has 1 N–H and O–H groups in total. The fraction of sp³-hybridized carbons (Fsp3) is 0.182. The van der Waals surface area contributed by atoms with Crippen molar-refractivity contribution in [2.24, 2.45) is 4.99 Å². The summed E-state index contributed by atoms with van der Waals surface area (Å²) >= 11 is 0. The highest BCUT2D eigenvalue weighted by Crippen LogP contribution is 2.10. The molecule has 5 nitrogen and oxygen atoms in total. The molecule has 2 rings (SSSR count). The molecule has 0 amide bonds. The van der Waals surface area contributed by atoms with Gasteiger partial charge >= 0.3 is 5.97 Å². The van der Waals surface area contributed by atoms with E-state index >= 15 is 0 Å². The van der Waals surface area contributed by atoms with E-state index in [0.29, 0.717) is 19.0 Å². The molecule has 5 heteroatoms. The quantitative estimate of drug-likeness (QED) is 0.600. The van der Waals surface area contributed by atoms with Gasteiger partial charge in [-0.2, -0.15) is 0 Å². The Morgan fingerprint density at radius 2 is 1.94 bits per heavy atom. The van der Waals surface area contributed by atoms with E-state index in [1.807, 2.05) is 0 Å². The van der Waals surface area contributed by atoms with Crippen LogP contribution in [0.2, 0.25) is 0 Å². The number of hydrogen-bond donors (Lipinski definition) is 1. The summed E-state index contributed by atoms with van der Waals surface area (Å²) in [5.41, 5.74) is 0.897. The zero-order valence-corrected chi connectivity index (χ0v) is 8.34. The maximum atomic E-state index is 11.1. The monoisotopic (exact) mass is 219 g/mol. The van der Waals surface area contributed by atoms with Crippen LogP contribution in [0.1, 0.15) is 15.9 Å². The number of carboxylic acids is 1. The maximum absolute atomic E-state index is 11.1. The number of nitrogens with zero attached hydrogens (tertiary/aromatic N) is 1. The lowest BCUT2D eigenvalue weighted by atomic mass is 10.1. The van der Waals surface area contributed by atoms with E-state index in [0.717, 1.165) is 5.56 Å². The van der Waals surface area contributed by atoms with Crippen LogP contribution in [0.3, 0.4) is 0 Å². The fourth-order valence-corrected chi connectivity index (χ4v) is 1.40. The van der Waals surface area contributed by atoms with Gasteiger partial charge in [0.2, 0.25) is 5.90 Å². The molecule has 0 saturated heterocycles. The lowest BCUT2D eigenvalue weighted by Gasteiger charge is -2.02. The Labute approximate surface area is 91.4 Å². The number of Topliss-reactive ketones (excluding diaryl/α,β-unsaturated/α-hetero) is 1.